The summed E-state index contributed by atoms with van der Waals surface area (Å²) in [4.78, 5) is 34.6. The monoisotopic (exact) mass is 320 g/mol. The average Bonchev–Trinajstić information content (AvgIpc) is 2.51. The first-order chi connectivity index (χ1) is 10.7. The van der Waals surface area contributed by atoms with Gasteiger partial charge in [0.1, 0.15) is 0 Å². The molecule has 0 aliphatic rings. The van der Waals surface area contributed by atoms with Crippen molar-refractivity contribution in [2.24, 2.45) is 5.41 Å². The molecule has 0 aliphatic heterocycles. The van der Waals surface area contributed by atoms with E-state index in [-0.39, 0.29) is 24.3 Å². The highest BCUT2D eigenvalue weighted by molar-refractivity contribution is 5.89. The van der Waals surface area contributed by atoms with Crippen LogP contribution in [0.4, 0.5) is 0 Å². The van der Waals surface area contributed by atoms with Gasteiger partial charge in [0.05, 0.1) is 19.2 Å². The summed E-state index contributed by atoms with van der Waals surface area (Å²) >= 11 is 0. The molecule has 0 bridgehead atoms. The summed E-state index contributed by atoms with van der Waals surface area (Å²) in [5.41, 5.74) is 0.976. The van der Waals surface area contributed by atoms with E-state index in [9.17, 15) is 14.4 Å². The van der Waals surface area contributed by atoms with Crippen molar-refractivity contribution in [2.45, 2.75) is 27.2 Å². The lowest BCUT2D eigenvalue weighted by Crippen LogP contribution is -2.42. The smallest absolute Gasteiger partial charge is 0.337 e. The fraction of sp³-hybridized carbons (Fsp3) is 0.471. The number of nitrogens with one attached hydrogen (secondary N) is 2. The Labute approximate surface area is 136 Å². The minimum Gasteiger partial charge on any atom is -0.465 e. The maximum absolute atomic E-state index is 11.7. The van der Waals surface area contributed by atoms with Gasteiger partial charge in [-0.05, 0) is 24.1 Å². The van der Waals surface area contributed by atoms with Gasteiger partial charge in [-0.1, -0.05) is 32.9 Å². The van der Waals surface area contributed by atoms with Gasteiger partial charge in [-0.15, -0.1) is 0 Å². The van der Waals surface area contributed by atoms with Crippen LogP contribution in [-0.2, 0) is 20.7 Å². The highest BCUT2D eigenvalue weighted by atomic mass is 16.5. The molecule has 2 N–H and O–H groups in total. The van der Waals surface area contributed by atoms with Crippen molar-refractivity contribution in [3.05, 3.63) is 35.4 Å². The summed E-state index contributed by atoms with van der Waals surface area (Å²) in [5, 5.41) is 5.34. The van der Waals surface area contributed by atoms with Gasteiger partial charge < -0.3 is 15.4 Å². The third-order valence-electron chi connectivity index (χ3n) is 3.20. The Morgan fingerprint density at radius 3 is 2.17 bits per heavy atom. The first-order valence-corrected chi connectivity index (χ1v) is 7.46. The first-order valence-electron chi connectivity index (χ1n) is 7.46. The van der Waals surface area contributed by atoms with Crippen molar-refractivity contribution in [3.63, 3.8) is 0 Å². The number of hydrogen-bond donors (Lipinski definition) is 2. The molecule has 0 spiro atoms. The predicted molar refractivity (Wildman–Crippen MR) is 87.0 cm³/mol. The summed E-state index contributed by atoms with van der Waals surface area (Å²) < 4.78 is 4.63. The largest absolute Gasteiger partial charge is 0.465 e. The number of methoxy groups -OCH3 is 1. The van der Waals surface area contributed by atoms with E-state index >= 15 is 0 Å². The van der Waals surface area contributed by atoms with Gasteiger partial charge in [-0.25, -0.2) is 4.79 Å². The summed E-state index contributed by atoms with van der Waals surface area (Å²) in [6, 6.07) is 7.01. The van der Waals surface area contributed by atoms with Gasteiger partial charge in [-0.3, -0.25) is 9.59 Å². The molecule has 0 unspecified atom stereocenters. The standard InChI is InChI=1S/C17H24N2O4/c1-17(2,3)16(22)19-11-14(20)18-10-9-12-5-7-13(8-6-12)15(21)23-4/h5-8H,9-11H2,1-4H3,(H,18,20)(H,19,22). The molecule has 126 valence electrons. The van der Waals surface area contributed by atoms with Crippen LogP contribution in [0.25, 0.3) is 0 Å². The zero-order chi connectivity index (χ0) is 17.5. The fourth-order valence-electron chi connectivity index (χ4n) is 1.76. The van der Waals surface area contributed by atoms with Crippen molar-refractivity contribution in [1.29, 1.82) is 0 Å². The number of hydrogen-bond acceptors (Lipinski definition) is 4. The van der Waals surface area contributed by atoms with Crippen LogP contribution in [0.5, 0.6) is 0 Å². The van der Waals surface area contributed by atoms with Crippen LogP contribution >= 0.6 is 0 Å². The number of carbonyl (C=O) groups is 3. The summed E-state index contributed by atoms with van der Waals surface area (Å²) in [6.45, 7) is 5.80. The topological polar surface area (TPSA) is 84.5 Å². The molecule has 0 aromatic heterocycles. The number of ether oxygens (including phenoxy) is 1. The predicted octanol–water partition coefficient (Wildman–Crippen LogP) is 1.29. The SMILES string of the molecule is COC(=O)c1ccc(CCNC(=O)CNC(=O)C(C)(C)C)cc1. The lowest BCUT2D eigenvalue weighted by molar-refractivity contribution is -0.131. The highest BCUT2D eigenvalue weighted by Crippen LogP contribution is 2.11. The van der Waals surface area contributed by atoms with Crippen molar-refractivity contribution in [2.75, 3.05) is 20.2 Å². The third kappa shape index (κ3) is 6.50. The number of carbonyl (C=O) groups excluding carboxylic acids is 3. The quantitative estimate of drug-likeness (QED) is 0.774. The van der Waals surface area contributed by atoms with E-state index in [0.29, 0.717) is 18.5 Å². The normalized spacial score (nSPS) is 10.8. The van der Waals surface area contributed by atoms with E-state index in [0.717, 1.165) is 5.56 Å². The zero-order valence-corrected chi connectivity index (χ0v) is 14.1. The molecule has 0 aliphatic carbocycles. The van der Waals surface area contributed by atoms with E-state index in [1.54, 1.807) is 32.9 Å². The van der Waals surface area contributed by atoms with Gasteiger partial charge >= 0.3 is 5.97 Å². The second-order valence-electron chi connectivity index (χ2n) is 6.22. The molecular formula is C17H24N2O4. The summed E-state index contributed by atoms with van der Waals surface area (Å²) in [5.74, 6) is -0.765. The van der Waals surface area contributed by atoms with Crippen LogP contribution < -0.4 is 10.6 Å². The number of amides is 2. The molecule has 0 atom stereocenters. The van der Waals surface area contributed by atoms with Crippen molar-refractivity contribution >= 4 is 17.8 Å². The van der Waals surface area contributed by atoms with Crippen molar-refractivity contribution < 1.29 is 19.1 Å². The Morgan fingerprint density at radius 1 is 1.04 bits per heavy atom. The van der Waals surface area contributed by atoms with Crippen LogP contribution in [0.15, 0.2) is 24.3 Å². The molecule has 1 rings (SSSR count). The molecule has 0 heterocycles. The van der Waals surface area contributed by atoms with E-state index in [1.807, 2.05) is 12.1 Å². The van der Waals surface area contributed by atoms with Gasteiger partial charge in [0.25, 0.3) is 0 Å². The molecule has 6 nitrogen and oxygen atoms in total. The van der Waals surface area contributed by atoms with Gasteiger partial charge in [0.15, 0.2) is 0 Å². The van der Waals surface area contributed by atoms with Gasteiger partial charge in [0, 0.05) is 12.0 Å². The van der Waals surface area contributed by atoms with Crippen molar-refractivity contribution in [3.8, 4) is 0 Å². The molecule has 23 heavy (non-hydrogen) atoms. The Bertz CT molecular complexity index is 559. The lowest BCUT2D eigenvalue weighted by Gasteiger charge is -2.17. The molecule has 6 heteroatoms. The molecular weight excluding hydrogens is 296 g/mol. The zero-order valence-electron chi connectivity index (χ0n) is 14.1. The Balaban J connectivity index is 2.32. The van der Waals surface area contributed by atoms with Gasteiger partial charge in [-0.2, -0.15) is 0 Å². The van der Waals surface area contributed by atoms with Crippen LogP contribution in [0, 0.1) is 5.41 Å². The van der Waals surface area contributed by atoms with Crippen LogP contribution in [0.2, 0.25) is 0 Å². The third-order valence-corrected chi connectivity index (χ3v) is 3.20. The Morgan fingerprint density at radius 2 is 1.65 bits per heavy atom. The average molecular weight is 320 g/mol. The van der Waals surface area contributed by atoms with E-state index < -0.39 is 5.41 Å². The molecule has 1 aromatic carbocycles. The highest BCUT2D eigenvalue weighted by Gasteiger charge is 2.21. The van der Waals surface area contributed by atoms with E-state index in [2.05, 4.69) is 15.4 Å². The first kappa shape index (κ1) is 18.7. The molecule has 0 radical (unpaired) electrons. The number of esters is 1. The Kier molecular flexibility index (Phi) is 6.75. The second-order valence-corrected chi connectivity index (χ2v) is 6.22. The molecule has 2 amide bonds. The van der Waals surface area contributed by atoms with Gasteiger partial charge in [0.2, 0.25) is 11.8 Å². The Hall–Kier alpha value is -2.37. The minimum atomic E-state index is -0.512. The van der Waals surface area contributed by atoms with E-state index in [4.69, 9.17) is 0 Å². The maximum Gasteiger partial charge on any atom is 0.337 e. The molecule has 1 aromatic rings. The number of rotatable bonds is 6. The lowest BCUT2D eigenvalue weighted by atomic mass is 9.96. The maximum atomic E-state index is 11.7. The summed E-state index contributed by atoms with van der Waals surface area (Å²) in [7, 11) is 1.34. The summed E-state index contributed by atoms with van der Waals surface area (Å²) in [6.07, 6.45) is 0.639. The fourth-order valence-corrected chi connectivity index (χ4v) is 1.76. The molecule has 0 saturated carbocycles. The molecule has 0 fully saturated rings. The van der Waals surface area contributed by atoms with Crippen LogP contribution in [0.1, 0.15) is 36.7 Å². The second kappa shape index (κ2) is 8.31. The van der Waals surface area contributed by atoms with Crippen LogP contribution in [0.3, 0.4) is 0 Å². The van der Waals surface area contributed by atoms with E-state index in [1.165, 1.54) is 7.11 Å². The minimum absolute atomic E-state index is 0.0304. The van der Waals surface area contributed by atoms with Crippen LogP contribution in [-0.4, -0.2) is 38.0 Å². The number of benzene rings is 1. The van der Waals surface area contributed by atoms with Crippen molar-refractivity contribution in [1.82, 2.24) is 10.6 Å². The molecule has 0 saturated heterocycles.